The highest BCUT2D eigenvalue weighted by atomic mass is 16.5. The van der Waals surface area contributed by atoms with E-state index in [4.69, 9.17) is 4.74 Å². The van der Waals surface area contributed by atoms with E-state index in [0.717, 1.165) is 49.9 Å². The van der Waals surface area contributed by atoms with Gasteiger partial charge in [-0.3, -0.25) is 9.59 Å². The third-order valence-electron chi connectivity index (χ3n) is 7.36. The first-order valence-corrected chi connectivity index (χ1v) is 11.7. The largest absolute Gasteiger partial charge is 0.452 e. The Kier molecular flexibility index (Phi) is 6.35. The summed E-state index contributed by atoms with van der Waals surface area (Å²) >= 11 is 0. The van der Waals surface area contributed by atoms with Crippen molar-refractivity contribution in [3.63, 3.8) is 0 Å². The first-order valence-electron chi connectivity index (χ1n) is 11.7. The summed E-state index contributed by atoms with van der Waals surface area (Å²) in [6.45, 7) is 3.69. The molecule has 0 spiro atoms. The zero-order valence-electron chi connectivity index (χ0n) is 18.6. The monoisotopic (exact) mass is 426 g/mol. The second kappa shape index (κ2) is 9.01. The number of carbonyl (C=O) groups excluding carboxylic acids is 3. The summed E-state index contributed by atoms with van der Waals surface area (Å²) in [7, 11) is 0. The van der Waals surface area contributed by atoms with Crippen molar-refractivity contribution in [1.82, 2.24) is 5.32 Å². The number of rotatable bonds is 8. The zero-order valence-corrected chi connectivity index (χ0v) is 18.6. The van der Waals surface area contributed by atoms with Crippen molar-refractivity contribution in [2.45, 2.75) is 71.3 Å². The molecule has 4 saturated carbocycles. The number of ether oxygens (including phenoxy) is 1. The second-order valence-corrected chi connectivity index (χ2v) is 10.1. The van der Waals surface area contributed by atoms with Gasteiger partial charge in [0.1, 0.15) is 0 Å². The van der Waals surface area contributed by atoms with Gasteiger partial charge in [-0.15, -0.1) is 0 Å². The zero-order chi connectivity index (χ0) is 22.0. The molecule has 168 valence electrons. The average molecular weight is 427 g/mol. The molecule has 6 heteroatoms. The Hall–Kier alpha value is -2.37. The summed E-state index contributed by atoms with van der Waals surface area (Å²) in [6.07, 6.45) is 8.84. The van der Waals surface area contributed by atoms with Crippen molar-refractivity contribution < 1.29 is 19.1 Å². The minimum Gasteiger partial charge on any atom is -0.452 e. The van der Waals surface area contributed by atoms with Crippen LogP contribution in [0.4, 0.5) is 5.69 Å². The molecule has 0 aliphatic heterocycles. The summed E-state index contributed by atoms with van der Waals surface area (Å²) in [5, 5.41) is 5.90. The number of carbonyl (C=O) groups is 3. The maximum Gasteiger partial charge on any atom is 0.338 e. The highest BCUT2D eigenvalue weighted by Crippen LogP contribution is 2.60. The van der Waals surface area contributed by atoms with Crippen LogP contribution in [0.3, 0.4) is 0 Å². The average Bonchev–Trinajstić information content (AvgIpc) is 2.71. The molecule has 0 heterocycles. The summed E-state index contributed by atoms with van der Waals surface area (Å²) in [5.74, 6) is 1.45. The Morgan fingerprint density at radius 1 is 1.03 bits per heavy atom. The van der Waals surface area contributed by atoms with Crippen molar-refractivity contribution >= 4 is 23.5 Å². The van der Waals surface area contributed by atoms with Gasteiger partial charge in [-0.2, -0.15) is 0 Å². The Balaban J connectivity index is 1.29. The Labute approximate surface area is 184 Å². The molecule has 2 amide bonds. The summed E-state index contributed by atoms with van der Waals surface area (Å²) in [6, 6.07) is 6.80. The molecule has 31 heavy (non-hydrogen) atoms. The van der Waals surface area contributed by atoms with Crippen LogP contribution in [0.15, 0.2) is 24.3 Å². The van der Waals surface area contributed by atoms with Gasteiger partial charge in [0.05, 0.1) is 11.0 Å². The first-order chi connectivity index (χ1) is 14.9. The molecule has 5 rings (SSSR count). The van der Waals surface area contributed by atoms with Gasteiger partial charge in [0, 0.05) is 11.7 Å². The van der Waals surface area contributed by atoms with E-state index in [-0.39, 0.29) is 29.9 Å². The van der Waals surface area contributed by atoms with E-state index in [1.807, 2.05) is 6.92 Å². The number of amides is 2. The number of hydrogen-bond acceptors (Lipinski definition) is 4. The van der Waals surface area contributed by atoms with Crippen LogP contribution in [0.1, 0.15) is 75.6 Å². The van der Waals surface area contributed by atoms with Crippen LogP contribution >= 0.6 is 0 Å². The topological polar surface area (TPSA) is 84.5 Å². The third-order valence-corrected chi connectivity index (χ3v) is 7.36. The lowest BCUT2D eigenvalue weighted by Crippen LogP contribution is -2.51. The maximum atomic E-state index is 13.1. The molecule has 0 aromatic heterocycles. The number of anilines is 1. The molecule has 1 atom stereocenters. The molecule has 4 aliphatic carbocycles. The van der Waals surface area contributed by atoms with Gasteiger partial charge >= 0.3 is 5.97 Å². The number of hydrogen-bond donors (Lipinski definition) is 2. The summed E-state index contributed by atoms with van der Waals surface area (Å²) < 4.78 is 5.12. The van der Waals surface area contributed by atoms with Gasteiger partial charge in [0.15, 0.2) is 6.61 Å². The van der Waals surface area contributed by atoms with E-state index >= 15 is 0 Å². The van der Waals surface area contributed by atoms with Gasteiger partial charge in [0.2, 0.25) is 5.91 Å². The predicted molar refractivity (Wildman–Crippen MR) is 118 cm³/mol. The van der Waals surface area contributed by atoms with Crippen LogP contribution in [0.5, 0.6) is 0 Å². The molecule has 6 nitrogen and oxygen atoms in total. The van der Waals surface area contributed by atoms with Gasteiger partial charge < -0.3 is 15.4 Å². The van der Waals surface area contributed by atoms with Crippen LogP contribution in [-0.2, 0) is 14.3 Å². The van der Waals surface area contributed by atoms with Crippen molar-refractivity contribution in [2.24, 2.45) is 23.2 Å². The van der Waals surface area contributed by atoms with Crippen molar-refractivity contribution in [3.05, 3.63) is 29.8 Å². The predicted octanol–water partition coefficient (Wildman–Crippen LogP) is 4.30. The highest BCUT2D eigenvalue weighted by Gasteiger charge is 2.54. The van der Waals surface area contributed by atoms with Crippen LogP contribution < -0.4 is 10.6 Å². The van der Waals surface area contributed by atoms with E-state index in [9.17, 15) is 14.4 Å². The van der Waals surface area contributed by atoms with E-state index in [2.05, 4.69) is 17.6 Å². The molecule has 1 aromatic carbocycles. The smallest absolute Gasteiger partial charge is 0.338 e. The molecule has 0 radical (unpaired) electrons. The fraction of sp³-hybridized carbons (Fsp3) is 0.640. The van der Waals surface area contributed by atoms with Crippen molar-refractivity contribution in [3.8, 4) is 0 Å². The van der Waals surface area contributed by atoms with Crippen LogP contribution in [0.2, 0.25) is 0 Å². The van der Waals surface area contributed by atoms with Crippen molar-refractivity contribution in [1.29, 1.82) is 0 Å². The van der Waals surface area contributed by atoms with Crippen LogP contribution in [0, 0.1) is 23.2 Å². The van der Waals surface area contributed by atoms with Crippen molar-refractivity contribution in [2.75, 3.05) is 11.9 Å². The Morgan fingerprint density at radius 3 is 2.16 bits per heavy atom. The third kappa shape index (κ3) is 4.94. The lowest BCUT2D eigenvalue weighted by atomic mass is 9.49. The molecular weight excluding hydrogens is 392 g/mol. The quantitative estimate of drug-likeness (QED) is 0.607. The Morgan fingerprint density at radius 2 is 1.61 bits per heavy atom. The summed E-state index contributed by atoms with van der Waals surface area (Å²) in [4.78, 5) is 37.3. The first kappa shape index (κ1) is 21.8. The molecule has 4 aliphatic rings. The molecule has 0 saturated heterocycles. The van der Waals surface area contributed by atoms with E-state index < -0.39 is 5.97 Å². The lowest BCUT2D eigenvalue weighted by Gasteiger charge is -2.55. The molecule has 2 N–H and O–H groups in total. The molecule has 1 aromatic rings. The van der Waals surface area contributed by atoms with Gasteiger partial charge in [-0.05, 0) is 93.9 Å². The molecular formula is C25H34N2O4. The summed E-state index contributed by atoms with van der Waals surface area (Å²) in [5.41, 5.74) is 0.861. The fourth-order valence-electron chi connectivity index (χ4n) is 6.38. The fourth-order valence-corrected chi connectivity index (χ4v) is 6.38. The normalized spacial score (nSPS) is 29.3. The molecule has 0 unspecified atom stereocenters. The second-order valence-electron chi connectivity index (χ2n) is 10.1. The van der Waals surface area contributed by atoms with E-state index in [0.29, 0.717) is 11.3 Å². The number of benzene rings is 1. The minimum atomic E-state index is -0.544. The van der Waals surface area contributed by atoms with E-state index in [1.54, 1.807) is 24.3 Å². The van der Waals surface area contributed by atoms with E-state index in [1.165, 1.54) is 19.3 Å². The van der Waals surface area contributed by atoms with Gasteiger partial charge in [-0.25, -0.2) is 4.79 Å². The van der Waals surface area contributed by atoms with Crippen LogP contribution in [-0.4, -0.2) is 30.4 Å². The van der Waals surface area contributed by atoms with Gasteiger partial charge in [-0.1, -0.05) is 13.3 Å². The number of nitrogens with one attached hydrogen (secondary N) is 2. The SMILES string of the molecule is CCC[C@H](C)NC(=O)COC(=O)c1ccc(NC(=O)C23CC4CC(CC(C4)C2)C3)cc1. The van der Waals surface area contributed by atoms with Crippen LogP contribution in [0.25, 0.3) is 0 Å². The maximum absolute atomic E-state index is 13.1. The Bertz CT molecular complexity index is 797. The highest BCUT2D eigenvalue weighted by molar-refractivity contribution is 5.96. The lowest BCUT2D eigenvalue weighted by molar-refractivity contribution is -0.140. The molecule has 4 fully saturated rings. The standard InChI is InChI=1S/C25H34N2O4/c1-3-4-16(2)26-22(28)15-31-23(29)20-5-7-21(8-6-20)27-24(30)25-12-17-9-18(13-25)11-19(10-17)14-25/h5-8,16-19H,3-4,9-15H2,1-2H3,(H,26,28)(H,27,30)/t16-,17?,18?,19?,25?/m0/s1. The minimum absolute atomic E-state index is 0.0630. The number of esters is 1. The van der Waals surface area contributed by atoms with Gasteiger partial charge in [0.25, 0.3) is 5.91 Å². The molecule has 4 bridgehead atoms.